The Bertz CT molecular complexity index is 838. The Labute approximate surface area is 170 Å². The molecule has 1 heterocycles. The predicted molar refractivity (Wildman–Crippen MR) is 105 cm³/mol. The lowest BCUT2D eigenvalue weighted by molar-refractivity contribution is -0.121. The Hall–Kier alpha value is -1.93. The molecule has 1 amide bonds. The number of carbonyl (C=O) groups excluding carboxylic acids is 1. The fourth-order valence-electron chi connectivity index (χ4n) is 2.68. The molecule has 9 heteroatoms. The number of carbonyl (C=O) groups is 1. The number of halogens is 5. The third kappa shape index (κ3) is 4.55. The standard InChI is InChI=1S/C19H19ClF4N2OS/c1-5-7-12(6-2)28-16-9-15(14(21)8-13(16)20)26-11(3)25(4)17(10-18(26)27)19(22,23)24/h6,8-10,12H,2-3,5,7H2,1,4H3. The molecule has 0 aromatic heterocycles. The zero-order valence-electron chi connectivity index (χ0n) is 15.3. The molecule has 1 atom stereocenters. The van der Waals surface area contributed by atoms with E-state index in [0.29, 0.717) is 15.9 Å². The lowest BCUT2D eigenvalue weighted by Gasteiger charge is -2.37. The topological polar surface area (TPSA) is 23.6 Å². The van der Waals surface area contributed by atoms with Gasteiger partial charge in [-0.05, 0) is 18.6 Å². The molecule has 1 unspecified atom stereocenters. The van der Waals surface area contributed by atoms with Gasteiger partial charge in [0.25, 0.3) is 5.91 Å². The van der Waals surface area contributed by atoms with Crippen molar-refractivity contribution in [2.24, 2.45) is 0 Å². The van der Waals surface area contributed by atoms with Crippen LogP contribution >= 0.6 is 23.4 Å². The lowest BCUT2D eigenvalue weighted by atomic mass is 10.2. The van der Waals surface area contributed by atoms with Gasteiger partial charge in [-0.2, -0.15) is 13.2 Å². The number of amides is 1. The molecule has 0 aliphatic carbocycles. The van der Waals surface area contributed by atoms with Crippen LogP contribution in [-0.2, 0) is 4.79 Å². The number of alkyl halides is 3. The van der Waals surface area contributed by atoms with Gasteiger partial charge in [0, 0.05) is 23.3 Å². The van der Waals surface area contributed by atoms with Gasteiger partial charge in [-0.3, -0.25) is 9.69 Å². The second kappa shape index (κ2) is 8.61. The average Bonchev–Trinajstić information content (AvgIpc) is 2.60. The van der Waals surface area contributed by atoms with Crippen LogP contribution in [0, 0.1) is 5.82 Å². The number of anilines is 1. The predicted octanol–water partition coefficient (Wildman–Crippen LogP) is 6.12. The van der Waals surface area contributed by atoms with Crippen molar-refractivity contribution in [1.29, 1.82) is 0 Å². The van der Waals surface area contributed by atoms with Crippen LogP contribution in [0.3, 0.4) is 0 Å². The van der Waals surface area contributed by atoms with Crippen molar-refractivity contribution in [3.63, 3.8) is 0 Å². The number of thioether (sulfide) groups is 1. The summed E-state index contributed by atoms with van der Waals surface area (Å²) in [6.07, 6.45) is -0.875. The highest BCUT2D eigenvalue weighted by Crippen LogP contribution is 2.40. The molecule has 28 heavy (non-hydrogen) atoms. The molecule has 3 nitrogen and oxygen atoms in total. The Morgan fingerprint density at radius 1 is 1.36 bits per heavy atom. The molecule has 0 bridgehead atoms. The highest BCUT2D eigenvalue weighted by atomic mass is 35.5. The number of benzene rings is 1. The van der Waals surface area contributed by atoms with Gasteiger partial charge >= 0.3 is 6.18 Å². The largest absolute Gasteiger partial charge is 0.431 e. The first kappa shape index (κ1) is 22.4. The molecule has 0 N–H and O–H groups in total. The third-order valence-corrected chi connectivity index (χ3v) is 5.88. The smallest absolute Gasteiger partial charge is 0.327 e. The molecule has 152 valence electrons. The van der Waals surface area contributed by atoms with E-state index < -0.39 is 23.6 Å². The summed E-state index contributed by atoms with van der Waals surface area (Å²) in [6, 6.07) is 2.38. The maximum absolute atomic E-state index is 14.6. The van der Waals surface area contributed by atoms with Crippen molar-refractivity contribution in [1.82, 2.24) is 4.90 Å². The summed E-state index contributed by atoms with van der Waals surface area (Å²) in [5.41, 5.74) is -1.39. The summed E-state index contributed by atoms with van der Waals surface area (Å²) in [6.45, 7) is 9.30. The quantitative estimate of drug-likeness (QED) is 0.306. The maximum Gasteiger partial charge on any atom is 0.431 e. The van der Waals surface area contributed by atoms with E-state index in [9.17, 15) is 22.4 Å². The highest BCUT2D eigenvalue weighted by molar-refractivity contribution is 8.00. The zero-order valence-corrected chi connectivity index (χ0v) is 16.9. The van der Waals surface area contributed by atoms with Crippen molar-refractivity contribution in [3.05, 3.63) is 59.8 Å². The number of allylic oxidation sites excluding steroid dienone is 1. The van der Waals surface area contributed by atoms with Crippen molar-refractivity contribution >= 4 is 35.0 Å². The second-order valence-corrected chi connectivity index (χ2v) is 7.78. The molecule has 1 aromatic carbocycles. The summed E-state index contributed by atoms with van der Waals surface area (Å²) in [5, 5.41) is 0.157. The lowest BCUT2D eigenvalue weighted by Crippen LogP contribution is -2.44. The monoisotopic (exact) mass is 434 g/mol. The van der Waals surface area contributed by atoms with Crippen LogP contribution in [0.4, 0.5) is 23.2 Å². The van der Waals surface area contributed by atoms with E-state index in [-0.39, 0.29) is 21.8 Å². The zero-order chi connectivity index (χ0) is 21.2. The van der Waals surface area contributed by atoms with Crippen LogP contribution < -0.4 is 4.90 Å². The highest BCUT2D eigenvalue weighted by Gasteiger charge is 2.43. The Balaban J connectivity index is 2.48. The van der Waals surface area contributed by atoms with Gasteiger partial charge in [-0.1, -0.05) is 37.6 Å². The fourth-order valence-corrected chi connectivity index (χ4v) is 4.09. The first-order valence-electron chi connectivity index (χ1n) is 8.35. The maximum atomic E-state index is 14.6. The van der Waals surface area contributed by atoms with E-state index in [0.717, 1.165) is 30.9 Å². The summed E-state index contributed by atoms with van der Waals surface area (Å²) in [7, 11) is 1.11. The Morgan fingerprint density at radius 2 is 2.00 bits per heavy atom. The van der Waals surface area contributed by atoms with Crippen molar-refractivity contribution in [2.75, 3.05) is 11.9 Å². The van der Waals surface area contributed by atoms with Crippen LogP contribution in [0.5, 0.6) is 0 Å². The minimum Gasteiger partial charge on any atom is -0.327 e. The normalized spacial score (nSPS) is 16.3. The van der Waals surface area contributed by atoms with Crippen LogP contribution in [0.2, 0.25) is 5.02 Å². The molecule has 0 fully saturated rings. The third-order valence-electron chi connectivity index (χ3n) is 4.13. The van der Waals surface area contributed by atoms with Crippen molar-refractivity contribution in [2.45, 2.75) is 36.1 Å². The Morgan fingerprint density at radius 3 is 2.54 bits per heavy atom. The SMILES string of the molecule is C=CC(CCC)Sc1cc(N2C(=C)N(C)C(C(F)(F)F)=CC2=O)c(F)cc1Cl. The van der Waals surface area contributed by atoms with E-state index in [1.54, 1.807) is 6.08 Å². The number of hydrogen-bond acceptors (Lipinski definition) is 3. The average molecular weight is 435 g/mol. The minimum absolute atomic E-state index is 0.0143. The molecular weight excluding hydrogens is 416 g/mol. The molecule has 2 rings (SSSR count). The van der Waals surface area contributed by atoms with E-state index in [4.69, 9.17) is 11.6 Å². The summed E-state index contributed by atoms with van der Waals surface area (Å²) in [4.78, 5) is 14.4. The second-order valence-electron chi connectivity index (χ2n) is 6.09. The van der Waals surface area contributed by atoms with Crippen molar-refractivity contribution < 1.29 is 22.4 Å². The summed E-state index contributed by atoms with van der Waals surface area (Å²) >= 11 is 7.48. The van der Waals surface area contributed by atoms with Gasteiger partial charge in [-0.15, -0.1) is 18.3 Å². The van der Waals surface area contributed by atoms with Crippen molar-refractivity contribution in [3.8, 4) is 0 Å². The van der Waals surface area contributed by atoms with Gasteiger partial charge in [-0.25, -0.2) is 4.39 Å². The summed E-state index contributed by atoms with van der Waals surface area (Å²) in [5.74, 6) is -2.20. The van der Waals surface area contributed by atoms with E-state index in [1.165, 1.54) is 17.8 Å². The van der Waals surface area contributed by atoms with E-state index in [1.807, 2.05) is 6.92 Å². The molecule has 1 aliphatic heterocycles. The van der Waals surface area contributed by atoms with Crippen LogP contribution in [0.25, 0.3) is 0 Å². The first-order chi connectivity index (χ1) is 13.0. The van der Waals surface area contributed by atoms with E-state index in [2.05, 4.69) is 13.2 Å². The molecule has 0 saturated carbocycles. The van der Waals surface area contributed by atoms with Gasteiger partial charge < -0.3 is 4.90 Å². The number of rotatable bonds is 6. The molecule has 1 aromatic rings. The molecular formula is C19H19ClF4N2OS. The fraction of sp³-hybridized carbons (Fsp3) is 0.316. The van der Waals surface area contributed by atoms with Gasteiger partial charge in [0.2, 0.25) is 0 Å². The van der Waals surface area contributed by atoms with Gasteiger partial charge in [0.05, 0.1) is 10.7 Å². The Kier molecular flexibility index (Phi) is 6.88. The molecule has 1 aliphatic rings. The minimum atomic E-state index is -4.74. The first-order valence-corrected chi connectivity index (χ1v) is 9.60. The number of hydrogen-bond donors (Lipinski definition) is 0. The van der Waals surface area contributed by atoms with Crippen LogP contribution in [0.1, 0.15) is 19.8 Å². The molecule has 0 saturated heterocycles. The van der Waals surface area contributed by atoms with Gasteiger partial charge in [0.1, 0.15) is 17.3 Å². The van der Waals surface area contributed by atoms with Crippen LogP contribution in [0.15, 0.2) is 53.9 Å². The number of nitrogens with zero attached hydrogens (tertiary/aromatic N) is 2. The molecule has 0 spiro atoms. The van der Waals surface area contributed by atoms with Crippen LogP contribution in [-0.4, -0.2) is 29.3 Å². The molecule has 0 radical (unpaired) electrons. The van der Waals surface area contributed by atoms with E-state index >= 15 is 0 Å². The van der Waals surface area contributed by atoms with Gasteiger partial charge in [0.15, 0.2) is 0 Å². The summed E-state index contributed by atoms with van der Waals surface area (Å²) < 4.78 is 53.9.